The van der Waals surface area contributed by atoms with Gasteiger partial charge in [0.05, 0.1) is 11.2 Å². The number of pyridine rings is 1. The van der Waals surface area contributed by atoms with Crippen LogP contribution in [0.5, 0.6) is 0 Å². The van der Waals surface area contributed by atoms with Gasteiger partial charge in [-0.3, -0.25) is 4.98 Å². The number of rotatable bonds is 2. The van der Waals surface area contributed by atoms with Crippen molar-refractivity contribution in [2.45, 2.75) is 18.9 Å². The van der Waals surface area contributed by atoms with Gasteiger partial charge in [-0.15, -0.1) is 0 Å². The number of anilines is 2. The minimum Gasteiger partial charge on any atom is -0.397 e. The zero-order valence-corrected chi connectivity index (χ0v) is 12.2. The van der Waals surface area contributed by atoms with Crippen molar-refractivity contribution in [1.82, 2.24) is 9.88 Å². The molecule has 0 unspecified atom stereocenters. The van der Waals surface area contributed by atoms with E-state index in [1.165, 1.54) is 18.5 Å². The molecule has 20 heavy (non-hydrogen) atoms. The summed E-state index contributed by atoms with van der Waals surface area (Å²) in [5, 5.41) is 1.16. The third-order valence-electron chi connectivity index (χ3n) is 4.31. The molecule has 2 heterocycles. The lowest BCUT2D eigenvalue weighted by atomic mass is 10.0. The second-order valence-corrected chi connectivity index (χ2v) is 5.76. The second kappa shape index (κ2) is 5.29. The molecule has 1 saturated heterocycles. The molecule has 0 bridgehead atoms. The Morgan fingerprint density at radius 1 is 1.20 bits per heavy atom. The highest BCUT2D eigenvalue weighted by Gasteiger charge is 2.21. The Morgan fingerprint density at radius 3 is 2.65 bits per heavy atom. The van der Waals surface area contributed by atoms with E-state index in [1.807, 2.05) is 18.3 Å². The Hall–Kier alpha value is -1.81. The highest BCUT2D eigenvalue weighted by atomic mass is 15.2. The summed E-state index contributed by atoms with van der Waals surface area (Å²) in [5.74, 6) is 0. The molecule has 0 atom stereocenters. The molecule has 1 fully saturated rings. The summed E-state index contributed by atoms with van der Waals surface area (Å²) in [7, 11) is 4.34. The summed E-state index contributed by atoms with van der Waals surface area (Å²) in [6, 6.07) is 8.85. The Labute approximate surface area is 120 Å². The van der Waals surface area contributed by atoms with Crippen LogP contribution in [-0.4, -0.2) is 43.1 Å². The number of benzene rings is 1. The van der Waals surface area contributed by atoms with Crippen molar-refractivity contribution in [2.75, 3.05) is 37.8 Å². The molecule has 0 spiro atoms. The molecule has 1 aromatic carbocycles. The number of aromatic nitrogens is 1. The zero-order chi connectivity index (χ0) is 14.1. The number of hydrogen-bond donors (Lipinski definition) is 1. The van der Waals surface area contributed by atoms with Crippen molar-refractivity contribution < 1.29 is 0 Å². The molecule has 0 aliphatic carbocycles. The van der Waals surface area contributed by atoms with E-state index < -0.39 is 0 Å². The average molecular weight is 270 g/mol. The van der Waals surface area contributed by atoms with Crippen LogP contribution in [0.1, 0.15) is 12.8 Å². The predicted octanol–water partition coefficient (Wildman–Crippen LogP) is 2.35. The summed E-state index contributed by atoms with van der Waals surface area (Å²) < 4.78 is 0. The van der Waals surface area contributed by atoms with Crippen LogP contribution < -0.4 is 10.6 Å². The summed E-state index contributed by atoms with van der Waals surface area (Å²) in [4.78, 5) is 9.21. The first-order chi connectivity index (χ1) is 9.66. The van der Waals surface area contributed by atoms with Gasteiger partial charge in [-0.05, 0) is 39.1 Å². The van der Waals surface area contributed by atoms with Crippen molar-refractivity contribution in [3.05, 3.63) is 30.5 Å². The molecule has 4 nitrogen and oxygen atoms in total. The summed E-state index contributed by atoms with van der Waals surface area (Å²) in [6.45, 7) is 2.19. The molecular formula is C16H22N4. The number of para-hydroxylation sites is 1. The van der Waals surface area contributed by atoms with Gasteiger partial charge in [0.2, 0.25) is 0 Å². The van der Waals surface area contributed by atoms with Crippen LogP contribution in [0.25, 0.3) is 10.9 Å². The molecule has 1 aliphatic heterocycles. The van der Waals surface area contributed by atoms with Crippen LogP contribution in [0.15, 0.2) is 30.5 Å². The fourth-order valence-corrected chi connectivity index (χ4v) is 3.08. The molecular weight excluding hydrogens is 248 g/mol. The maximum absolute atomic E-state index is 6.03. The molecule has 106 valence electrons. The quantitative estimate of drug-likeness (QED) is 0.851. The Balaban J connectivity index is 1.90. The zero-order valence-electron chi connectivity index (χ0n) is 12.2. The first-order valence-electron chi connectivity index (χ1n) is 7.21. The SMILES string of the molecule is CN(C)C1CCN(c2ccnc3c(N)cccc23)CC1. The van der Waals surface area contributed by atoms with E-state index in [-0.39, 0.29) is 0 Å². The predicted molar refractivity (Wildman–Crippen MR) is 85.1 cm³/mol. The molecule has 1 aliphatic rings. The van der Waals surface area contributed by atoms with Gasteiger partial charge in [-0.1, -0.05) is 12.1 Å². The first kappa shape index (κ1) is 13.2. The number of nitrogen functional groups attached to an aromatic ring is 1. The van der Waals surface area contributed by atoms with Crippen LogP contribution in [0.3, 0.4) is 0 Å². The molecule has 2 N–H and O–H groups in total. The van der Waals surface area contributed by atoms with Gasteiger partial charge < -0.3 is 15.5 Å². The van der Waals surface area contributed by atoms with E-state index in [2.05, 4.69) is 41.0 Å². The van der Waals surface area contributed by atoms with Crippen molar-refractivity contribution in [1.29, 1.82) is 0 Å². The normalized spacial score (nSPS) is 17.1. The monoisotopic (exact) mass is 270 g/mol. The number of nitrogens with two attached hydrogens (primary N) is 1. The number of nitrogens with zero attached hydrogens (tertiary/aromatic N) is 3. The third kappa shape index (κ3) is 2.31. The van der Waals surface area contributed by atoms with E-state index in [1.54, 1.807) is 0 Å². The van der Waals surface area contributed by atoms with Crippen LogP contribution >= 0.6 is 0 Å². The lowest BCUT2D eigenvalue weighted by molar-refractivity contribution is 0.250. The van der Waals surface area contributed by atoms with Crippen molar-refractivity contribution in [2.24, 2.45) is 0 Å². The maximum Gasteiger partial charge on any atom is 0.0951 e. The topological polar surface area (TPSA) is 45.4 Å². The average Bonchev–Trinajstić information content (AvgIpc) is 2.47. The fraction of sp³-hybridized carbons (Fsp3) is 0.438. The Kier molecular flexibility index (Phi) is 3.49. The summed E-state index contributed by atoms with van der Waals surface area (Å²) in [6.07, 6.45) is 4.28. The van der Waals surface area contributed by atoms with E-state index >= 15 is 0 Å². The summed E-state index contributed by atoms with van der Waals surface area (Å²) >= 11 is 0. The van der Waals surface area contributed by atoms with E-state index in [4.69, 9.17) is 5.73 Å². The second-order valence-electron chi connectivity index (χ2n) is 5.76. The van der Waals surface area contributed by atoms with Gasteiger partial charge in [0.25, 0.3) is 0 Å². The van der Waals surface area contributed by atoms with E-state index in [0.717, 1.165) is 29.7 Å². The van der Waals surface area contributed by atoms with Gasteiger partial charge in [-0.2, -0.15) is 0 Å². The Bertz CT molecular complexity index is 600. The highest BCUT2D eigenvalue weighted by molar-refractivity contribution is 5.98. The van der Waals surface area contributed by atoms with Crippen molar-refractivity contribution >= 4 is 22.3 Å². The first-order valence-corrected chi connectivity index (χ1v) is 7.21. The van der Waals surface area contributed by atoms with E-state index in [9.17, 15) is 0 Å². The summed E-state index contributed by atoms with van der Waals surface area (Å²) in [5.41, 5.74) is 8.97. The van der Waals surface area contributed by atoms with Gasteiger partial charge in [0.1, 0.15) is 0 Å². The fourth-order valence-electron chi connectivity index (χ4n) is 3.08. The van der Waals surface area contributed by atoms with Crippen molar-refractivity contribution in [3.8, 4) is 0 Å². The lowest BCUT2D eigenvalue weighted by Crippen LogP contribution is -2.42. The Morgan fingerprint density at radius 2 is 1.95 bits per heavy atom. The van der Waals surface area contributed by atoms with Crippen LogP contribution in [-0.2, 0) is 0 Å². The van der Waals surface area contributed by atoms with Crippen LogP contribution in [0.2, 0.25) is 0 Å². The molecule has 0 radical (unpaired) electrons. The molecule has 0 saturated carbocycles. The minimum atomic E-state index is 0.699. The van der Waals surface area contributed by atoms with Gasteiger partial charge in [0, 0.05) is 36.4 Å². The minimum absolute atomic E-state index is 0.699. The van der Waals surface area contributed by atoms with Crippen molar-refractivity contribution in [3.63, 3.8) is 0 Å². The number of hydrogen-bond acceptors (Lipinski definition) is 4. The number of piperidine rings is 1. The highest BCUT2D eigenvalue weighted by Crippen LogP contribution is 2.30. The molecule has 2 aromatic rings. The largest absolute Gasteiger partial charge is 0.397 e. The standard InChI is InChI=1S/C16H22N4/c1-19(2)12-7-10-20(11-8-12)15-6-9-18-16-13(15)4-3-5-14(16)17/h3-6,9,12H,7-8,10-11,17H2,1-2H3. The molecule has 1 aromatic heterocycles. The van der Waals surface area contributed by atoms with E-state index in [0.29, 0.717) is 6.04 Å². The van der Waals surface area contributed by atoms with Crippen LogP contribution in [0, 0.1) is 0 Å². The van der Waals surface area contributed by atoms with Gasteiger partial charge in [-0.25, -0.2) is 0 Å². The maximum atomic E-state index is 6.03. The van der Waals surface area contributed by atoms with Crippen LogP contribution in [0.4, 0.5) is 11.4 Å². The van der Waals surface area contributed by atoms with Gasteiger partial charge in [0.15, 0.2) is 0 Å². The lowest BCUT2D eigenvalue weighted by Gasteiger charge is -2.36. The van der Waals surface area contributed by atoms with Gasteiger partial charge >= 0.3 is 0 Å². The molecule has 0 amide bonds. The third-order valence-corrected chi connectivity index (χ3v) is 4.31. The number of fused-ring (bicyclic) bond motifs is 1. The smallest absolute Gasteiger partial charge is 0.0951 e. The molecule has 4 heteroatoms. The molecule has 3 rings (SSSR count).